The van der Waals surface area contributed by atoms with Crippen molar-refractivity contribution >= 4 is 17.8 Å². The van der Waals surface area contributed by atoms with E-state index in [4.69, 9.17) is 0 Å². The second kappa shape index (κ2) is 3.18. The molecule has 0 aromatic rings. The number of imide groups is 2. The fraction of sp³-hybridized carbons (Fsp3) is 0.500. The molecule has 2 aliphatic rings. The number of rotatable bonds is 1. The van der Waals surface area contributed by atoms with Crippen molar-refractivity contribution in [3.05, 3.63) is 12.2 Å². The Morgan fingerprint density at radius 3 is 2.33 bits per heavy atom. The second-order valence-electron chi connectivity index (χ2n) is 4.05. The molecule has 5 nitrogen and oxygen atoms in total. The molecule has 0 saturated carbocycles. The minimum absolute atomic E-state index is 0.120. The fourth-order valence-corrected chi connectivity index (χ4v) is 2.05. The van der Waals surface area contributed by atoms with Crippen LogP contribution in [0.1, 0.15) is 19.8 Å². The van der Waals surface area contributed by atoms with Gasteiger partial charge in [0.1, 0.15) is 5.41 Å². The van der Waals surface area contributed by atoms with Gasteiger partial charge in [-0.1, -0.05) is 12.2 Å². The Labute approximate surface area is 86.9 Å². The van der Waals surface area contributed by atoms with Crippen molar-refractivity contribution in [3.8, 4) is 0 Å². The van der Waals surface area contributed by atoms with Crippen molar-refractivity contribution in [2.24, 2.45) is 11.3 Å². The number of allylic oxidation sites excluding steroid dienone is 2. The van der Waals surface area contributed by atoms with E-state index >= 15 is 0 Å². The molecule has 1 fully saturated rings. The molecule has 1 saturated heterocycles. The molecule has 0 aromatic heterocycles. The molecule has 0 aromatic carbocycles. The van der Waals surface area contributed by atoms with Crippen molar-refractivity contribution in [2.75, 3.05) is 0 Å². The summed E-state index contributed by atoms with van der Waals surface area (Å²) in [5.41, 5.74) is -1.15. The summed E-state index contributed by atoms with van der Waals surface area (Å²) in [5.74, 6) is -1.13. The van der Waals surface area contributed by atoms with Gasteiger partial charge < -0.3 is 0 Å². The maximum Gasteiger partial charge on any atom is 0.328 e. The topological polar surface area (TPSA) is 75.3 Å². The molecule has 15 heavy (non-hydrogen) atoms. The van der Waals surface area contributed by atoms with Gasteiger partial charge in [-0.2, -0.15) is 0 Å². The largest absolute Gasteiger partial charge is 0.328 e. The highest BCUT2D eigenvalue weighted by molar-refractivity contribution is 6.19. The lowest BCUT2D eigenvalue weighted by atomic mass is 9.74. The van der Waals surface area contributed by atoms with Crippen LogP contribution in [0.5, 0.6) is 0 Å². The molecular formula is C10H12N2O3. The Kier molecular flexibility index (Phi) is 2.10. The van der Waals surface area contributed by atoms with Gasteiger partial charge in [-0.15, -0.1) is 0 Å². The zero-order valence-electron chi connectivity index (χ0n) is 8.37. The molecule has 0 spiro atoms. The summed E-state index contributed by atoms with van der Waals surface area (Å²) in [6, 6.07) is -0.732. The SMILES string of the molecule is CC1(C2C=CCC2)C(=O)NC(=O)NC1=O. The fourth-order valence-electron chi connectivity index (χ4n) is 2.05. The molecule has 0 bridgehead atoms. The number of carbonyl (C=O) groups excluding carboxylic acids is 3. The van der Waals surface area contributed by atoms with Gasteiger partial charge in [0.15, 0.2) is 0 Å². The van der Waals surface area contributed by atoms with Gasteiger partial charge in [0.2, 0.25) is 11.8 Å². The standard InChI is InChI=1S/C10H12N2O3/c1-10(6-4-2-3-5-6)7(13)11-9(15)12-8(10)14/h2,4,6H,3,5H2,1H3,(H2,11,12,13,14,15). The predicted molar refractivity (Wildman–Crippen MR) is 51.7 cm³/mol. The van der Waals surface area contributed by atoms with E-state index in [0.717, 1.165) is 12.8 Å². The van der Waals surface area contributed by atoms with Gasteiger partial charge >= 0.3 is 6.03 Å². The van der Waals surface area contributed by atoms with Crippen LogP contribution in [0.2, 0.25) is 0 Å². The van der Waals surface area contributed by atoms with E-state index in [-0.39, 0.29) is 5.92 Å². The van der Waals surface area contributed by atoms with Crippen LogP contribution in [0.25, 0.3) is 0 Å². The highest BCUT2D eigenvalue weighted by Gasteiger charge is 2.51. The van der Waals surface area contributed by atoms with Gasteiger partial charge in [-0.25, -0.2) is 4.79 Å². The summed E-state index contributed by atoms with van der Waals surface area (Å²) in [6.07, 6.45) is 5.46. The summed E-state index contributed by atoms with van der Waals surface area (Å²) < 4.78 is 0. The number of hydrogen-bond acceptors (Lipinski definition) is 3. The number of nitrogens with one attached hydrogen (secondary N) is 2. The van der Waals surface area contributed by atoms with E-state index in [1.807, 2.05) is 12.2 Å². The number of amides is 4. The third-order valence-electron chi connectivity index (χ3n) is 3.15. The van der Waals surface area contributed by atoms with Crippen molar-refractivity contribution < 1.29 is 14.4 Å². The molecule has 1 atom stereocenters. The molecule has 4 amide bonds. The van der Waals surface area contributed by atoms with Crippen LogP contribution in [0.4, 0.5) is 4.79 Å². The van der Waals surface area contributed by atoms with E-state index in [0.29, 0.717) is 0 Å². The number of urea groups is 1. The van der Waals surface area contributed by atoms with Crippen LogP contribution in [-0.2, 0) is 9.59 Å². The first-order valence-corrected chi connectivity index (χ1v) is 4.88. The third-order valence-corrected chi connectivity index (χ3v) is 3.15. The van der Waals surface area contributed by atoms with Crippen LogP contribution >= 0.6 is 0 Å². The first-order valence-electron chi connectivity index (χ1n) is 4.88. The lowest BCUT2D eigenvalue weighted by Crippen LogP contribution is -2.63. The zero-order valence-corrected chi connectivity index (χ0v) is 8.37. The van der Waals surface area contributed by atoms with Crippen LogP contribution in [-0.4, -0.2) is 17.8 Å². The second-order valence-corrected chi connectivity index (χ2v) is 4.05. The Bertz CT molecular complexity index is 353. The minimum Gasteiger partial charge on any atom is -0.277 e. The van der Waals surface area contributed by atoms with Gasteiger partial charge in [-0.3, -0.25) is 20.2 Å². The Morgan fingerprint density at radius 1 is 1.27 bits per heavy atom. The summed E-state index contributed by atoms with van der Waals surface area (Å²) in [7, 11) is 0. The molecule has 80 valence electrons. The molecule has 0 radical (unpaired) electrons. The molecule has 2 rings (SSSR count). The Morgan fingerprint density at radius 2 is 1.87 bits per heavy atom. The molecule has 2 N–H and O–H groups in total. The van der Waals surface area contributed by atoms with Gasteiger partial charge in [-0.05, 0) is 19.8 Å². The zero-order chi connectivity index (χ0) is 11.1. The maximum absolute atomic E-state index is 11.7. The molecule has 1 unspecified atom stereocenters. The van der Waals surface area contributed by atoms with E-state index in [1.54, 1.807) is 6.92 Å². The summed E-state index contributed by atoms with van der Waals surface area (Å²) in [5, 5.41) is 4.27. The van der Waals surface area contributed by atoms with Crippen molar-refractivity contribution in [2.45, 2.75) is 19.8 Å². The number of carbonyl (C=O) groups is 3. The predicted octanol–water partition coefficient (Wildman–Crippen LogP) is 0.325. The number of barbiturate groups is 1. The first-order chi connectivity index (χ1) is 7.05. The van der Waals surface area contributed by atoms with E-state index < -0.39 is 23.3 Å². The van der Waals surface area contributed by atoms with Crippen molar-refractivity contribution in [3.63, 3.8) is 0 Å². The van der Waals surface area contributed by atoms with Crippen LogP contribution in [0.3, 0.4) is 0 Å². The molecule has 1 aliphatic carbocycles. The lowest BCUT2D eigenvalue weighted by Gasteiger charge is -2.34. The van der Waals surface area contributed by atoms with Gasteiger partial charge in [0.25, 0.3) is 0 Å². The van der Waals surface area contributed by atoms with Crippen LogP contribution < -0.4 is 10.6 Å². The normalized spacial score (nSPS) is 28.9. The average Bonchev–Trinajstić information content (AvgIpc) is 2.66. The molecule has 5 heteroatoms. The quantitative estimate of drug-likeness (QED) is 0.481. The van der Waals surface area contributed by atoms with Crippen molar-refractivity contribution in [1.29, 1.82) is 0 Å². The smallest absolute Gasteiger partial charge is 0.277 e. The summed E-state index contributed by atoms with van der Waals surface area (Å²) in [4.78, 5) is 34.3. The van der Waals surface area contributed by atoms with Gasteiger partial charge in [0.05, 0.1) is 0 Å². The lowest BCUT2D eigenvalue weighted by molar-refractivity contribution is -0.145. The van der Waals surface area contributed by atoms with Crippen LogP contribution in [0.15, 0.2) is 12.2 Å². The summed E-state index contributed by atoms with van der Waals surface area (Å²) >= 11 is 0. The van der Waals surface area contributed by atoms with E-state index in [1.165, 1.54) is 0 Å². The minimum atomic E-state index is -1.15. The molecule has 1 aliphatic heterocycles. The number of hydrogen-bond donors (Lipinski definition) is 2. The molecule has 1 heterocycles. The monoisotopic (exact) mass is 208 g/mol. The van der Waals surface area contributed by atoms with Gasteiger partial charge in [0, 0.05) is 5.92 Å². The first kappa shape index (κ1) is 9.89. The Hall–Kier alpha value is -1.65. The molecular weight excluding hydrogens is 196 g/mol. The third kappa shape index (κ3) is 1.35. The summed E-state index contributed by atoms with van der Waals surface area (Å²) in [6.45, 7) is 1.57. The van der Waals surface area contributed by atoms with Crippen molar-refractivity contribution in [1.82, 2.24) is 10.6 Å². The average molecular weight is 208 g/mol. The highest BCUT2D eigenvalue weighted by atomic mass is 16.2. The Balaban J connectivity index is 2.32. The maximum atomic E-state index is 11.7. The van der Waals surface area contributed by atoms with Crippen LogP contribution in [0, 0.1) is 11.3 Å². The van der Waals surface area contributed by atoms with E-state index in [9.17, 15) is 14.4 Å². The highest BCUT2D eigenvalue weighted by Crippen LogP contribution is 2.37. The van der Waals surface area contributed by atoms with E-state index in [2.05, 4.69) is 10.6 Å².